The Balaban J connectivity index is 2.81. The van der Waals surface area contributed by atoms with Crippen LogP contribution in [-0.4, -0.2) is 20.5 Å². The average molecular weight is 103 g/mol. The standard InChI is InChI=1S/C3H7BFNO/c4-3(5)1-2-6-7/h3H,1-2,4H2. The fraction of sp³-hybridized carbons (Fsp3) is 1.00. The summed E-state index contributed by atoms with van der Waals surface area (Å²) in [7, 11) is 1.41. The SMILES string of the molecule is BC(F)CCN=O. The van der Waals surface area contributed by atoms with Gasteiger partial charge in [-0.2, -0.15) is 4.91 Å². The Morgan fingerprint density at radius 2 is 2.43 bits per heavy atom. The van der Waals surface area contributed by atoms with E-state index in [1.165, 1.54) is 7.85 Å². The van der Waals surface area contributed by atoms with Crippen LogP contribution < -0.4 is 0 Å². The minimum Gasteiger partial charge on any atom is -0.258 e. The van der Waals surface area contributed by atoms with E-state index in [4.69, 9.17) is 0 Å². The fourth-order valence-corrected chi connectivity index (χ4v) is 0.231. The molecule has 0 aromatic heterocycles. The lowest BCUT2D eigenvalue weighted by Crippen LogP contribution is -1.99. The van der Waals surface area contributed by atoms with Crippen molar-refractivity contribution in [2.24, 2.45) is 5.18 Å². The normalized spacial score (nSPS) is 13.3. The molecule has 7 heavy (non-hydrogen) atoms. The van der Waals surface area contributed by atoms with E-state index in [-0.39, 0.29) is 13.0 Å². The van der Waals surface area contributed by atoms with Crippen molar-refractivity contribution in [3.63, 3.8) is 0 Å². The molecule has 2 nitrogen and oxygen atoms in total. The molecule has 40 valence electrons. The zero-order chi connectivity index (χ0) is 5.70. The highest BCUT2D eigenvalue weighted by Crippen LogP contribution is 1.89. The minimum atomic E-state index is -0.891. The van der Waals surface area contributed by atoms with E-state index in [9.17, 15) is 9.30 Å². The molecule has 0 amide bonds. The molecule has 0 radical (unpaired) electrons. The summed E-state index contributed by atoms with van der Waals surface area (Å²) >= 11 is 0. The van der Waals surface area contributed by atoms with E-state index in [0.29, 0.717) is 0 Å². The first-order valence-electron chi connectivity index (χ1n) is 2.20. The maximum Gasteiger partial charge on any atom is 0.146 e. The first-order valence-corrected chi connectivity index (χ1v) is 2.20. The molecule has 0 N–H and O–H groups in total. The highest BCUT2D eigenvalue weighted by Gasteiger charge is 1.94. The van der Waals surface area contributed by atoms with Crippen LogP contribution in [0.4, 0.5) is 4.39 Å². The van der Waals surface area contributed by atoms with Gasteiger partial charge in [0.1, 0.15) is 7.85 Å². The second kappa shape index (κ2) is 3.77. The highest BCUT2D eigenvalue weighted by atomic mass is 19.1. The summed E-state index contributed by atoms with van der Waals surface area (Å²) in [5, 5.41) is 2.49. The van der Waals surface area contributed by atoms with Gasteiger partial charge in [0.05, 0.1) is 12.6 Å². The smallest absolute Gasteiger partial charge is 0.146 e. The molecule has 0 heterocycles. The molecule has 0 saturated carbocycles. The van der Waals surface area contributed by atoms with Crippen LogP contribution in [0.1, 0.15) is 6.42 Å². The zero-order valence-electron chi connectivity index (χ0n) is 4.22. The van der Waals surface area contributed by atoms with Gasteiger partial charge in [-0.05, 0) is 6.42 Å². The Hall–Kier alpha value is -0.405. The number of alkyl halides is 1. The molecule has 1 unspecified atom stereocenters. The molecule has 1 atom stereocenters. The van der Waals surface area contributed by atoms with Crippen molar-refractivity contribution in [2.45, 2.75) is 12.5 Å². The Kier molecular flexibility index (Phi) is 3.56. The van der Waals surface area contributed by atoms with Crippen LogP contribution in [-0.2, 0) is 0 Å². The molecule has 0 aromatic carbocycles. The van der Waals surface area contributed by atoms with Crippen LogP contribution in [0.25, 0.3) is 0 Å². The predicted molar refractivity (Wildman–Crippen MR) is 28.7 cm³/mol. The number of halogens is 1. The van der Waals surface area contributed by atoms with Gasteiger partial charge in [-0.1, -0.05) is 5.18 Å². The van der Waals surface area contributed by atoms with Crippen molar-refractivity contribution >= 4 is 7.85 Å². The lowest BCUT2D eigenvalue weighted by atomic mass is 9.99. The first kappa shape index (κ1) is 6.59. The van der Waals surface area contributed by atoms with Crippen molar-refractivity contribution in [3.8, 4) is 0 Å². The van der Waals surface area contributed by atoms with E-state index in [0.717, 1.165) is 0 Å². The van der Waals surface area contributed by atoms with Gasteiger partial charge in [-0.3, -0.25) is 4.39 Å². The van der Waals surface area contributed by atoms with Crippen LogP contribution >= 0.6 is 0 Å². The van der Waals surface area contributed by atoms with Crippen LogP contribution in [0, 0.1) is 4.91 Å². The molecule has 0 aliphatic rings. The van der Waals surface area contributed by atoms with Crippen molar-refractivity contribution in [1.29, 1.82) is 0 Å². The zero-order valence-corrected chi connectivity index (χ0v) is 4.22. The van der Waals surface area contributed by atoms with Gasteiger partial charge < -0.3 is 0 Å². The fourth-order valence-electron chi connectivity index (χ4n) is 0.231. The van der Waals surface area contributed by atoms with E-state index in [1.54, 1.807) is 0 Å². The van der Waals surface area contributed by atoms with Gasteiger partial charge in [0.15, 0.2) is 0 Å². The maximum absolute atomic E-state index is 11.7. The lowest BCUT2D eigenvalue weighted by Gasteiger charge is -1.90. The maximum atomic E-state index is 11.7. The average Bonchev–Trinajstić information content (AvgIpc) is 1.61. The van der Waals surface area contributed by atoms with Crippen LogP contribution in [0.5, 0.6) is 0 Å². The predicted octanol–water partition coefficient (Wildman–Crippen LogP) is 0.0716. The van der Waals surface area contributed by atoms with E-state index < -0.39 is 6.07 Å². The van der Waals surface area contributed by atoms with E-state index in [2.05, 4.69) is 5.18 Å². The summed E-state index contributed by atoms with van der Waals surface area (Å²) in [6.07, 6.45) is -0.638. The van der Waals surface area contributed by atoms with Crippen molar-refractivity contribution in [1.82, 2.24) is 0 Å². The number of hydrogen-bond acceptors (Lipinski definition) is 2. The number of hydrogen-bond donors (Lipinski definition) is 0. The van der Waals surface area contributed by atoms with Gasteiger partial charge in [0.25, 0.3) is 0 Å². The first-order chi connectivity index (χ1) is 3.27. The molecular formula is C3H7BFNO. The Morgan fingerprint density at radius 1 is 1.86 bits per heavy atom. The Labute approximate surface area is 42.5 Å². The quantitative estimate of drug-likeness (QED) is 0.367. The summed E-state index contributed by atoms with van der Waals surface area (Å²) in [5.74, 6) is 0. The van der Waals surface area contributed by atoms with Crippen LogP contribution in [0.3, 0.4) is 0 Å². The number of nitrogens with zero attached hydrogens (tertiary/aromatic N) is 1. The third-order valence-electron chi connectivity index (χ3n) is 0.618. The van der Waals surface area contributed by atoms with Gasteiger partial charge in [-0.25, -0.2) is 0 Å². The molecule has 0 rings (SSSR count). The molecule has 4 heteroatoms. The Bertz CT molecular complexity index is 58.9. The van der Waals surface area contributed by atoms with Gasteiger partial charge in [0, 0.05) is 0 Å². The molecule has 0 bridgehead atoms. The number of rotatable bonds is 3. The third kappa shape index (κ3) is 5.59. The van der Waals surface area contributed by atoms with Crippen molar-refractivity contribution in [2.75, 3.05) is 6.54 Å². The monoisotopic (exact) mass is 103 g/mol. The largest absolute Gasteiger partial charge is 0.258 e. The summed E-state index contributed by atoms with van der Waals surface area (Å²) in [6.45, 7) is 0.0949. The molecule has 0 fully saturated rings. The van der Waals surface area contributed by atoms with E-state index >= 15 is 0 Å². The van der Waals surface area contributed by atoms with Gasteiger partial charge in [0.2, 0.25) is 0 Å². The molecule has 0 spiro atoms. The molecule has 0 aromatic rings. The van der Waals surface area contributed by atoms with Crippen LogP contribution in [0.2, 0.25) is 0 Å². The van der Waals surface area contributed by atoms with E-state index in [1.807, 2.05) is 0 Å². The molecule has 0 aliphatic carbocycles. The molecule has 0 aliphatic heterocycles. The third-order valence-corrected chi connectivity index (χ3v) is 0.618. The van der Waals surface area contributed by atoms with Crippen molar-refractivity contribution < 1.29 is 4.39 Å². The van der Waals surface area contributed by atoms with Crippen molar-refractivity contribution in [3.05, 3.63) is 4.91 Å². The summed E-state index contributed by atoms with van der Waals surface area (Å²) in [5.41, 5.74) is 0. The summed E-state index contributed by atoms with van der Waals surface area (Å²) < 4.78 is 11.7. The Morgan fingerprint density at radius 3 is 2.57 bits per heavy atom. The molecular weight excluding hydrogens is 95.8 g/mol. The second-order valence-corrected chi connectivity index (χ2v) is 1.42. The van der Waals surface area contributed by atoms with Crippen LogP contribution in [0.15, 0.2) is 5.18 Å². The second-order valence-electron chi connectivity index (χ2n) is 1.42. The highest BCUT2D eigenvalue weighted by molar-refractivity contribution is 6.10. The minimum absolute atomic E-state index is 0.0949. The summed E-state index contributed by atoms with van der Waals surface area (Å²) in [4.78, 5) is 9.29. The van der Waals surface area contributed by atoms with Gasteiger partial charge in [-0.15, -0.1) is 0 Å². The lowest BCUT2D eigenvalue weighted by molar-refractivity contribution is 0.424. The topological polar surface area (TPSA) is 29.4 Å². The molecule has 0 saturated heterocycles. The van der Waals surface area contributed by atoms with Gasteiger partial charge >= 0.3 is 0 Å². The number of nitroso groups, excluding NO2 is 1. The summed E-state index contributed by atoms with van der Waals surface area (Å²) in [6, 6.07) is 0.